The number of nitrogens with zero attached hydrogens (tertiary/aromatic N) is 12. The topological polar surface area (TPSA) is 352 Å². The number of para-hydroxylation sites is 4. The third-order valence-corrected chi connectivity index (χ3v) is 11.9. The maximum Gasteiger partial charge on any atom is 0.296 e. The van der Waals surface area contributed by atoms with Crippen LogP contribution in [0.25, 0.3) is 0 Å². The number of hydrogen-bond acceptors (Lipinski definition) is 20. The number of phenols is 4. The predicted octanol–water partition coefficient (Wildman–Crippen LogP) is 14.5. The summed E-state index contributed by atoms with van der Waals surface area (Å²) in [5.41, 5.74) is -0.508. The average Bonchev–Trinajstić information content (AvgIpc) is 3.42. The lowest BCUT2D eigenvalue weighted by atomic mass is 9.90. The summed E-state index contributed by atoms with van der Waals surface area (Å²) in [5, 5.41) is 130. The molecule has 0 saturated heterocycles. The SMILES string of the molecule is O=[N+]([O-])c1ccccc1N=Nc1cc2c(O)c(c1)Cc1cc(N=Nc3ccccc3[N+](=O)[O-])cc(c1O)Cc1cc(N=Nc3ccccc3[N+](=O)[O-])cc(c1O)Cc1cc(N=Nc3ccccc3[N+](=O)[O-])cc(c1O)C2. The van der Waals surface area contributed by atoms with Gasteiger partial charge in [-0.3, -0.25) is 40.5 Å². The first kappa shape index (κ1) is 49.9. The van der Waals surface area contributed by atoms with Gasteiger partial charge in [0.15, 0.2) is 22.7 Å². The van der Waals surface area contributed by atoms with Gasteiger partial charge in [-0.1, -0.05) is 48.5 Å². The van der Waals surface area contributed by atoms with Gasteiger partial charge in [0.05, 0.1) is 42.4 Å². The molecule has 0 heterocycles. The molecule has 0 fully saturated rings. The molecule has 24 nitrogen and oxygen atoms in total. The highest BCUT2D eigenvalue weighted by molar-refractivity contribution is 5.66. The van der Waals surface area contributed by atoms with E-state index in [1.54, 1.807) is 0 Å². The van der Waals surface area contributed by atoms with Crippen molar-refractivity contribution in [3.63, 3.8) is 0 Å². The Bertz CT molecular complexity index is 3240. The summed E-state index contributed by atoms with van der Waals surface area (Å²) in [6.45, 7) is 0. The van der Waals surface area contributed by atoms with E-state index in [2.05, 4.69) is 40.9 Å². The molecule has 376 valence electrons. The molecule has 24 heteroatoms. The molecule has 0 unspecified atom stereocenters. The molecule has 76 heavy (non-hydrogen) atoms. The van der Waals surface area contributed by atoms with Crippen LogP contribution in [0.1, 0.15) is 44.5 Å². The minimum Gasteiger partial charge on any atom is -0.507 e. The van der Waals surface area contributed by atoms with Crippen LogP contribution in [0.3, 0.4) is 0 Å². The minimum atomic E-state index is -0.627. The molecule has 8 aromatic rings. The Kier molecular flexibility index (Phi) is 14.0. The van der Waals surface area contributed by atoms with Crippen molar-refractivity contribution in [1.82, 2.24) is 0 Å². The first-order valence-corrected chi connectivity index (χ1v) is 22.6. The van der Waals surface area contributed by atoms with Gasteiger partial charge in [0.2, 0.25) is 0 Å². The number of nitro benzene ring substituents is 4. The van der Waals surface area contributed by atoms with Crippen LogP contribution in [-0.2, 0) is 25.7 Å². The van der Waals surface area contributed by atoms with Crippen molar-refractivity contribution in [3.05, 3.63) is 231 Å². The van der Waals surface area contributed by atoms with Crippen LogP contribution in [-0.4, -0.2) is 40.1 Å². The number of fused-ring (bicyclic) bond motifs is 8. The maximum atomic E-state index is 12.2. The Balaban J connectivity index is 1.27. The van der Waals surface area contributed by atoms with Crippen LogP contribution in [0.5, 0.6) is 23.0 Å². The molecule has 0 aliphatic heterocycles. The Morgan fingerprint density at radius 3 is 0.632 bits per heavy atom. The van der Waals surface area contributed by atoms with Crippen molar-refractivity contribution in [3.8, 4) is 23.0 Å². The number of nitro groups is 4. The fraction of sp³-hybridized carbons (Fsp3) is 0.0769. The van der Waals surface area contributed by atoms with Gasteiger partial charge < -0.3 is 20.4 Å². The maximum absolute atomic E-state index is 12.2. The molecule has 0 amide bonds. The largest absolute Gasteiger partial charge is 0.507 e. The van der Waals surface area contributed by atoms with Crippen molar-refractivity contribution in [1.29, 1.82) is 0 Å². The molecule has 4 N–H and O–H groups in total. The number of rotatable bonds is 12. The van der Waals surface area contributed by atoms with Gasteiger partial charge in [-0.05, 0) is 72.8 Å². The van der Waals surface area contributed by atoms with E-state index >= 15 is 0 Å². The minimum absolute atomic E-state index is 0.0726. The van der Waals surface area contributed by atoms with Gasteiger partial charge >= 0.3 is 0 Å². The summed E-state index contributed by atoms with van der Waals surface area (Å²) in [6.07, 6.45) is -1.15. The molecule has 0 radical (unpaired) electrons. The number of azo groups is 4. The van der Waals surface area contributed by atoms with E-state index in [1.165, 1.54) is 146 Å². The van der Waals surface area contributed by atoms with E-state index in [9.17, 15) is 60.9 Å². The monoisotopic (exact) mass is 1020 g/mol. The van der Waals surface area contributed by atoms with E-state index in [0.29, 0.717) is 0 Å². The Labute approximate surface area is 427 Å². The zero-order valence-corrected chi connectivity index (χ0v) is 39.1. The lowest BCUT2D eigenvalue weighted by Gasteiger charge is -2.18. The molecule has 8 aromatic carbocycles. The molecular formula is C52H36N12O12. The normalized spacial score (nSPS) is 12.4. The highest BCUT2D eigenvalue weighted by Crippen LogP contribution is 2.44. The molecule has 9 rings (SSSR count). The second kappa shape index (κ2) is 21.4. The molecule has 8 bridgehead atoms. The standard InChI is InChI=1S/C52H36N12O12/c65-49-29-17-31-23-38(54-58-42-10-2-6-14-46(42)62(71)72)25-33(50(31)66)19-35-27-40(56-60-44-12-4-8-16-48(44)64(75)76)28-36(52(35)68)20-34-26-39(55-59-43-11-3-7-15-47(43)63(73)74)24-32(51(34)67)18-30(49)22-37(21-29)53-57-41-9-1-5-13-45(41)61(69)70/h1-16,21-28,65-68H,17-20H2. The van der Waals surface area contributed by atoms with Crippen LogP contribution >= 0.6 is 0 Å². The number of benzene rings is 8. The Hall–Kier alpha value is -11.0. The van der Waals surface area contributed by atoms with Gasteiger partial charge in [0.25, 0.3) is 22.7 Å². The fourth-order valence-corrected chi connectivity index (χ4v) is 8.36. The van der Waals surface area contributed by atoms with Gasteiger partial charge in [0.1, 0.15) is 23.0 Å². The van der Waals surface area contributed by atoms with Crippen molar-refractivity contribution in [2.75, 3.05) is 0 Å². The quantitative estimate of drug-likeness (QED) is 0.0504. The fourth-order valence-electron chi connectivity index (χ4n) is 8.36. The lowest BCUT2D eigenvalue weighted by Crippen LogP contribution is -2.01. The summed E-state index contributed by atoms with van der Waals surface area (Å²) >= 11 is 0. The summed E-state index contributed by atoms with van der Waals surface area (Å²) in [5.74, 6) is -1.36. The molecule has 0 aromatic heterocycles. The molecule has 1 aliphatic carbocycles. The first-order valence-electron chi connectivity index (χ1n) is 22.6. The van der Waals surface area contributed by atoms with Crippen molar-refractivity contribution in [2.45, 2.75) is 25.7 Å². The average molecular weight is 1020 g/mol. The van der Waals surface area contributed by atoms with Crippen LogP contribution in [0, 0.1) is 40.5 Å². The summed E-state index contributed by atoms with van der Waals surface area (Å²) in [6, 6.07) is 33.9. The van der Waals surface area contributed by atoms with Crippen LogP contribution in [0.4, 0.5) is 68.2 Å². The van der Waals surface area contributed by atoms with Crippen LogP contribution in [0.2, 0.25) is 0 Å². The van der Waals surface area contributed by atoms with E-state index in [4.69, 9.17) is 0 Å². The molecular weight excluding hydrogens is 985 g/mol. The predicted molar refractivity (Wildman–Crippen MR) is 273 cm³/mol. The molecule has 0 atom stereocenters. The number of phenolic OH excluding ortho intramolecular Hbond substituents is 4. The van der Waals surface area contributed by atoms with Gasteiger partial charge in [0, 0.05) is 94.5 Å². The van der Waals surface area contributed by atoms with Crippen molar-refractivity contribution >= 4 is 68.2 Å². The van der Waals surface area contributed by atoms with Crippen LogP contribution < -0.4 is 0 Å². The van der Waals surface area contributed by atoms with Gasteiger partial charge in [-0.15, -0.1) is 20.5 Å². The Morgan fingerprint density at radius 2 is 0.461 bits per heavy atom. The third kappa shape index (κ3) is 10.9. The molecule has 0 saturated carbocycles. The zero-order valence-electron chi connectivity index (χ0n) is 39.1. The smallest absolute Gasteiger partial charge is 0.296 e. The Morgan fingerprint density at radius 1 is 0.289 bits per heavy atom. The van der Waals surface area contributed by atoms with Gasteiger partial charge in [-0.2, -0.15) is 20.5 Å². The van der Waals surface area contributed by atoms with Crippen molar-refractivity contribution < 1.29 is 40.1 Å². The molecule has 1 aliphatic rings. The highest BCUT2D eigenvalue weighted by atomic mass is 16.6. The van der Waals surface area contributed by atoms with Gasteiger partial charge in [-0.25, -0.2) is 0 Å². The van der Waals surface area contributed by atoms with Crippen LogP contribution in [0.15, 0.2) is 187 Å². The molecule has 0 spiro atoms. The van der Waals surface area contributed by atoms with E-state index in [1.807, 2.05) is 0 Å². The van der Waals surface area contributed by atoms with E-state index in [-0.39, 0.29) is 161 Å². The van der Waals surface area contributed by atoms with E-state index in [0.717, 1.165) is 0 Å². The number of aromatic hydroxyl groups is 4. The first-order chi connectivity index (χ1) is 36.6. The lowest BCUT2D eigenvalue weighted by molar-refractivity contribution is -0.384. The summed E-state index contributed by atoms with van der Waals surface area (Å²) in [7, 11) is 0. The highest BCUT2D eigenvalue weighted by Gasteiger charge is 2.24. The second-order valence-electron chi connectivity index (χ2n) is 16.9. The summed E-state index contributed by atoms with van der Waals surface area (Å²) < 4.78 is 0. The zero-order chi connectivity index (χ0) is 53.6. The number of hydrogen-bond donors (Lipinski definition) is 4. The third-order valence-electron chi connectivity index (χ3n) is 11.9. The van der Waals surface area contributed by atoms with Crippen molar-refractivity contribution in [2.24, 2.45) is 40.9 Å². The summed E-state index contributed by atoms with van der Waals surface area (Å²) in [4.78, 5) is 45.0. The van der Waals surface area contributed by atoms with E-state index < -0.39 is 19.7 Å². The second-order valence-corrected chi connectivity index (χ2v) is 16.9.